The van der Waals surface area contributed by atoms with Gasteiger partial charge in [-0.05, 0) is 82.6 Å². The molecule has 0 aromatic heterocycles. The normalized spacial score (nSPS) is 24.5. The smallest absolute Gasteiger partial charge is 0.0125 e. The van der Waals surface area contributed by atoms with Crippen LogP contribution in [0.2, 0.25) is 0 Å². The maximum Gasteiger partial charge on any atom is 0.0125 e. The van der Waals surface area contributed by atoms with E-state index in [1.807, 2.05) is 0 Å². The third-order valence-electron chi connectivity index (χ3n) is 5.35. The van der Waals surface area contributed by atoms with E-state index in [1.54, 1.807) is 0 Å². The van der Waals surface area contributed by atoms with E-state index in [2.05, 4.69) is 40.5 Å². The first-order chi connectivity index (χ1) is 10.4. The Labute approximate surface area is 129 Å². The highest BCUT2D eigenvalue weighted by Gasteiger charge is 2.31. The maximum absolute atomic E-state index is 3.50. The minimum atomic E-state index is 0.892. The van der Waals surface area contributed by atoms with Crippen LogP contribution in [0.3, 0.4) is 0 Å². The molecule has 2 aliphatic rings. The fourth-order valence-corrected chi connectivity index (χ4v) is 4.18. The molecule has 2 saturated heterocycles. The molecule has 1 aromatic carbocycles. The molecule has 1 N–H and O–H groups in total. The summed E-state index contributed by atoms with van der Waals surface area (Å²) >= 11 is 0. The second-order valence-electron chi connectivity index (χ2n) is 6.78. The van der Waals surface area contributed by atoms with E-state index < -0.39 is 0 Å². The molecule has 0 amide bonds. The van der Waals surface area contributed by atoms with Crippen molar-refractivity contribution in [2.75, 3.05) is 26.2 Å². The van der Waals surface area contributed by atoms with Crippen molar-refractivity contribution in [3.8, 4) is 0 Å². The largest absolute Gasteiger partial charge is 0.317 e. The molecular weight excluding hydrogens is 256 g/mol. The Morgan fingerprint density at radius 2 is 1.81 bits per heavy atom. The lowest BCUT2D eigenvalue weighted by molar-refractivity contribution is 0.160. The highest BCUT2D eigenvalue weighted by atomic mass is 15.2. The van der Waals surface area contributed by atoms with Crippen LogP contribution >= 0.6 is 0 Å². The van der Waals surface area contributed by atoms with Gasteiger partial charge in [-0.25, -0.2) is 0 Å². The first-order valence-corrected chi connectivity index (χ1v) is 8.92. The van der Waals surface area contributed by atoms with E-state index in [1.165, 1.54) is 76.7 Å². The number of likely N-dealkylation sites (tertiary alicyclic amines) is 1. The van der Waals surface area contributed by atoms with Crippen molar-refractivity contribution in [3.05, 3.63) is 35.9 Å². The van der Waals surface area contributed by atoms with Crippen LogP contribution in [0.15, 0.2) is 30.3 Å². The number of hydrogen-bond acceptors (Lipinski definition) is 2. The van der Waals surface area contributed by atoms with E-state index in [-0.39, 0.29) is 0 Å². The first-order valence-electron chi connectivity index (χ1n) is 8.92. The molecule has 0 radical (unpaired) electrons. The quantitative estimate of drug-likeness (QED) is 0.806. The summed E-state index contributed by atoms with van der Waals surface area (Å²) in [6.07, 6.45) is 9.59. The Morgan fingerprint density at radius 1 is 1.00 bits per heavy atom. The number of unbranched alkanes of at least 4 members (excludes halogenated alkanes) is 1. The van der Waals surface area contributed by atoms with Crippen LogP contribution in [0, 0.1) is 5.92 Å². The monoisotopic (exact) mass is 286 g/mol. The van der Waals surface area contributed by atoms with Gasteiger partial charge in [-0.15, -0.1) is 0 Å². The highest BCUT2D eigenvalue weighted by Crippen LogP contribution is 2.29. The van der Waals surface area contributed by atoms with Gasteiger partial charge >= 0.3 is 0 Å². The number of benzene rings is 1. The van der Waals surface area contributed by atoms with Gasteiger partial charge in [0.1, 0.15) is 0 Å². The molecule has 3 rings (SSSR count). The summed E-state index contributed by atoms with van der Waals surface area (Å²) in [5, 5.41) is 3.50. The second kappa shape index (κ2) is 7.95. The van der Waals surface area contributed by atoms with E-state index in [9.17, 15) is 0 Å². The molecule has 2 aliphatic heterocycles. The fraction of sp³-hybridized carbons (Fsp3) is 0.684. The predicted molar refractivity (Wildman–Crippen MR) is 89.6 cm³/mol. The van der Waals surface area contributed by atoms with Gasteiger partial charge in [-0.1, -0.05) is 30.3 Å². The molecule has 116 valence electrons. The van der Waals surface area contributed by atoms with Crippen LogP contribution in [-0.2, 0) is 6.42 Å². The topological polar surface area (TPSA) is 15.3 Å². The number of rotatable bonds is 6. The van der Waals surface area contributed by atoms with E-state index in [4.69, 9.17) is 0 Å². The molecule has 0 aliphatic carbocycles. The molecule has 0 saturated carbocycles. The third kappa shape index (κ3) is 4.31. The second-order valence-corrected chi connectivity index (χ2v) is 6.78. The van der Waals surface area contributed by atoms with Crippen LogP contribution in [0.5, 0.6) is 0 Å². The maximum atomic E-state index is 3.50. The molecule has 2 heterocycles. The van der Waals surface area contributed by atoms with Crippen LogP contribution in [0.1, 0.15) is 44.1 Å². The number of nitrogens with zero attached hydrogens (tertiary/aromatic N) is 1. The number of piperidine rings is 1. The van der Waals surface area contributed by atoms with Gasteiger partial charge in [-0.2, -0.15) is 0 Å². The van der Waals surface area contributed by atoms with Gasteiger partial charge in [0.2, 0.25) is 0 Å². The predicted octanol–water partition coefficient (Wildman–Crippen LogP) is 3.47. The first kappa shape index (κ1) is 15.1. The van der Waals surface area contributed by atoms with Crippen molar-refractivity contribution >= 4 is 0 Å². The molecule has 0 bridgehead atoms. The van der Waals surface area contributed by atoms with Crippen LogP contribution < -0.4 is 5.32 Å². The fourth-order valence-electron chi connectivity index (χ4n) is 4.18. The average molecular weight is 286 g/mol. The molecule has 2 heteroatoms. The molecule has 1 aromatic rings. The summed E-state index contributed by atoms with van der Waals surface area (Å²) in [6, 6.07) is 11.8. The lowest BCUT2D eigenvalue weighted by atomic mass is 9.88. The van der Waals surface area contributed by atoms with Gasteiger partial charge < -0.3 is 10.2 Å². The van der Waals surface area contributed by atoms with E-state index in [0.29, 0.717) is 0 Å². The minimum Gasteiger partial charge on any atom is -0.317 e. The zero-order valence-electron chi connectivity index (χ0n) is 13.3. The van der Waals surface area contributed by atoms with Crippen molar-refractivity contribution in [1.29, 1.82) is 0 Å². The van der Waals surface area contributed by atoms with Crippen LogP contribution in [-0.4, -0.2) is 37.1 Å². The van der Waals surface area contributed by atoms with Crippen molar-refractivity contribution in [3.63, 3.8) is 0 Å². The lowest BCUT2D eigenvalue weighted by Gasteiger charge is -2.34. The molecule has 1 atom stereocenters. The average Bonchev–Trinajstić information content (AvgIpc) is 3.02. The van der Waals surface area contributed by atoms with Crippen molar-refractivity contribution in [2.24, 2.45) is 5.92 Å². The van der Waals surface area contributed by atoms with Gasteiger partial charge in [0.05, 0.1) is 0 Å². The molecule has 2 nitrogen and oxygen atoms in total. The summed E-state index contributed by atoms with van der Waals surface area (Å²) in [5.74, 6) is 0.961. The van der Waals surface area contributed by atoms with Crippen molar-refractivity contribution in [1.82, 2.24) is 10.2 Å². The van der Waals surface area contributed by atoms with Gasteiger partial charge in [0.25, 0.3) is 0 Å². The zero-order valence-corrected chi connectivity index (χ0v) is 13.3. The highest BCUT2D eigenvalue weighted by molar-refractivity contribution is 5.14. The van der Waals surface area contributed by atoms with E-state index in [0.717, 1.165) is 12.0 Å². The van der Waals surface area contributed by atoms with Gasteiger partial charge in [0, 0.05) is 6.04 Å². The van der Waals surface area contributed by atoms with Crippen molar-refractivity contribution in [2.45, 2.75) is 51.0 Å². The Bertz CT molecular complexity index is 397. The standard InChI is InChI=1S/C19H30N2/c1-2-7-17(8-3-1)9-4-5-15-21-16-6-10-19(21)18-11-13-20-14-12-18/h1-3,7-8,18-20H,4-6,9-16H2. The summed E-state index contributed by atoms with van der Waals surface area (Å²) in [6.45, 7) is 5.15. The third-order valence-corrected chi connectivity index (χ3v) is 5.35. The summed E-state index contributed by atoms with van der Waals surface area (Å²) in [4.78, 5) is 2.81. The Morgan fingerprint density at radius 3 is 2.62 bits per heavy atom. The molecular formula is C19H30N2. The van der Waals surface area contributed by atoms with Crippen LogP contribution in [0.25, 0.3) is 0 Å². The molecule has 0 spiro atoms. The molecule has 21 heavy (non-hydrogen) atoms. The summed E-state index contributed by atoms with van der Waals surface area (Å²) in [7, 11) is 0. The van der Waals surface area contributed by atoms with Crippen LogP contribution in [0.4, 0.5) is 0 Å². The van der Waals surface area contributed by atoms with Gasteiger partial charge in [-0.3, -0.25) is 0 Å². The number of hydrogen-bond donors (Lipinski definition) is 1. The SMILES string of the molecule is c1ccc(CCCCN2CCCC2C2CCNCC2)cc1. The summed E-state index contributed by atoms with van der Waals surface area (Å²) in [5.41, 5.74) is 1.49. The lowest BCUT2D eigenvalue weighted by Crippen LogP contribution is -2.41. The Balaban J connectivity index is 1.39. The van der Waals surface area contributed by atoms with E-state index >= 15 is 0 Å². The Kier molecular flexibility index (Phi) is 5.70. The molecule has 2 fully saturated rings. The minimum absolute atomic E-state index is 0.892. The Hall–Kier alpha value is -0.860. The summed E-state index contributed by atoms with van der Waals surface area (Å²) < 4.78 is 0. The van der Waals surface area contributed by atoms with Gasteiger partial charge in [0.15, 0.2) is 0 Å². The number of aryl methyl sites for hydroxylation is 1. The zero-order chi connectivity index (χ0) is 14.3. The molecule has 1 unspecified atom stereocenters. The van der Waals surface area contributed by atoms with Crippen molar-refractivity contribution < 1.29 is 0 Å². The number of nitrogens with one attached hydrogen (secondary N) is 1.